The van der Waals surface area contributed by atoms with Gasteiger partial charge in [0.25, 0.3) is 0 Å². The number of hydrogen-bond acceptors (Lipinski definition) is 3. The largest absolute Gasteiger partial charge is 0.293 e. The van der Waals surface area contributed by atoms with E-state index in [-0.39, 0.29) is 5.78 Å². The normalized spacial score (nSPS) is 10.4. The van der Waals surface area contributed by atoms with Crippen LogP contribution in [-0.2, 0) is 0 Å². The van der Waals surface area contributed by atoms with Gasteiger partial charge in [-0.2, -0.15) is 11.8 Å². The first-order valence-electron chi connectivity index (χ1n) is 3.92. The number of hydrogen-bond donors (Lipinski definition) is 0. The van der Waals surface area contributed by atoms with Crippen molar-refractivity contribution in [1.29, 1.82) is 0 Å². The molecule has 4 heteroatoms. The minimum Gasteiger partial charge on any atom is -0.293 e. The second-order valence-electron chi connectivity index (χ2n) is 2.73. The van der Waals surface area contributed by atoms with Gasteiger partial charge >= 0.3 is 0 Å². The van der Waals surface area contributed by atoms with Crippen molar-refractivity contribution in [2.75, 3.05) is 12.0 Å². The van der Waals surface area contributed by atoms with Gasteiger partial charge in [-0.15, -0.1) is 11.3 Å². The van der Waals surface area contributed by atoms with Crippen molar-refractivity contribution >= 4 is 40.5 Å². The molecule has 0 radical (unpaired) electrons. The average molecular weight is 235 g/mol. The summed E-state index contributed by atoms with van der Waals surface area (Å²) in [6.45, 7) is 1.92. The van der Waals surface area contributed by atoms with Crippen LogP contribution in [0.25, 0.3) is 0 Å². The van der Waals surface area contributed by atoms with Crippen LogP contribution >= 0.6 is 34.7 Å². The van der Waals surface area contributed by atoms with Crippen molar-refractivity contribution in [3.8, 4) is 0 Å². The first-order chi connectivity index (χ1) is 6.16. The van der Waals surface area contributed by atoms with Crippen molar-refractivity contribution in [2.24, 2.45) is 0 Å². The molecule has 1 rings (SSSR count). The zero-order valence-corrected chi connectivity index (χ0v) is 9.98. The van der Waals surface area contributed by atoms with E-state index in [1.807, 2.05) is 18.6 Å². The molecular weight excluding hydrogens is 224 g/mol. The fourth-order valence-corrected chi connectivity index (χ4v) is 2.58. The van der Waals surface area contributed by atoms with Crippen LogP contribution in [0.3, 0.4) is 0 Å². The number of ketones is 1. The second kappa shape index (κ2) is 5.03. The number of Topliss-reactive ketones (excluding diaryl/α,β-unsaturated/α-hetero) is 1. The van der Waals surface area contributed by atoms with Crippen LogP contribution in [0.2, 0.25) is 5.02 Å². The summed E-state index contributed by atoms with van der Waals surface area (Å²) in [7, 11) is 0. The number of rotatable bonds is 4. The van der Waals surface area contributed by atoms with Crippen molar-refractivity contribution in [3.63, 3.8) is 0 Å². The van der Waals surface area contributed by atoms with Crippen LogP contribution in [0.1, 0.15) is 21.7 Å². The van der Waals surface area contributed by atoms with Crippen molar-refractivity contribution in [1.82, 2.24) is 0 Å². The minimum atomic E-state index is 0.164. The number of thioether (sulfide) groups is 1. The Morgan fingerprint density at radius 1 is 1.69 bits per heavy atom. The zero-order chi connectivity index (χ0) is 9.84. The standard InChI is InChI=1S/C9H11ClOS2/c1-6-5-13-9(8(6)10)7(11)3-4-12-2/h5H,3-4H2,1-2H3. The Bertz CT molecular complexity index is 307. The molecule has 0 atom stereocenters. The summed E-state index contributed by atoms with van der Waals surface area (Å²) in [5.41, 5.74) is 0.999. The third-order valence-electron chi connectivity index (χ3n) is 1.69. The van der Waals surface area contributed by atoms with Gasteiger partial charge < -0.3 is 0 Å². The topological polar surface area (TPSA) is 17.1 Å². The summed E-state index contributed by atoms with van der Waals surface area (Å²) in [5.74, 6) is 1.03. The highest BCUT2D eigenvalue weighted by Crippen LogP contribution is 2.28. The van der Waals surface area contributed by atoms with E-state index in [1.165, 1.54) is 11.3 Å². The van der Waals surface area contributed by atoms with Crippen LogP contribution in [-0.4, -0.2) is 17.8 Å². The van der Waals surface area contributed by atoms with Gasteiger partial charge in [-0.1, -0.05) is 11.6 Å². The molecular formula is C9H11ClOS2. The summed E-state index contributed by atoms with van der Waals surface area (Å²) in [6.07, 6.45) is 2.58. The fourth-order valence-electron chi connectivity index (χ4n) is 0.926. The number of thiophene rings is 1. The summed E-state index contributed by atoms with van der Waals surface area (Å²) in [4.78, 5) is 12.3. The quantitative estimate of drug-likeness (QED) is 0.740. The van der Waals surface area contributed by atoms with Crippen LogP contribution in [0.4, 0.5) is 0 Å². The van der Waals surface area contributed by atoms with Gasteiger partial charge in [-0.3, -0.25) is 4.79 Å². The second-order valence-corrected chi connectivity index (χ2v) is 4.97. The van der Waals surface area contributed by atoms with Crippen LogP contribution in [0, 0.1) is 6.92 Å². The number of carbonyl (C=O) groups excluding carboxylic acids is 1. The number of carbonyl (C=O) groups is 1. The lowest BCUT2D eigenvalue weighted by molar-refractivity contribution is 0.0993. The highest BCUT2D eigenvalue weighted by molar-refractivity contribution is 7.98. The Hall–Kier alpha value is 0.01000. The maximum Gasteiger partial charge on any atom is 0.175 e. The highest BCUT2D eigenvalue weighted by Gasteiger charge is 2.13. The Balaban J connectivity index is 2.71. The van der Waals surface area contributed by atoms with Crippen molar-refractivity contribution < 1.29 is 4.79 Å². The third kappa shape index (κ3) is 2.73. The Morgan fingerprint density at radius 3 is 2.85 bits per heavy atom. The molecule has 0 unspecified atom stereocenters. The lowest BCUT2D eigenvalue weighted by Gasteiger charge is -1.96. The van der Waals surface area contributed by atoms with Crippen LogP contribution < -0.4 is 0 Å². The van der Waals surface area contributed by atoms with E-state index in [2.05, 4.69) is 0 Å². The van der Waals surface area contributed by atoms with Gasteiger partial charge in [0.2, 0.25) is 0 Å². The Labute approximate surface area is 91.5 Å². The molecule has 0 aliphatic heterocycles. The van der Waals surface area contributed by atoms with E-state index >= 15 is 0 Å². The fraction of sp³-hybridized carbons (Fsp3) is 0.444. The molecule has 1 heterocycles. The third-order valence-corrected chi connectivity index (χ3v) is 4.04. The highest BCUT2D eigenvalue weighted by atomic mass is 35.5. The average Bonchev–Trinajstić information content (AvgIpc) is 2.44. The summed E-state index contributed by atoms with van der Waals surface area (Å²) in [6, 6.07) is 0. The lowest BCUT2D eigenvalue weighted by Crippen LogP contribution is -1.98. The van der Waals surface area contributed by atoms with E-state index in [0.29, 0.717) is 16.3 Å². The molecule has 0 amide bonds. The van der Waals surface area contributed by atoms with E-state index in [1.54, 1.807) is 11.8 Å². The van der Waals surface area contributed by atoms with Gasteiger partial charge in [-0.25, -0.2) is 0 Å². The molecule has 1 aromatic rings. The lowest BCUT2D eigenvalue weighted by atomic mass is 10.2. The number of halogens is 1. The van der Waals surface area contributed by atoms with Crippen molar-refractivity contribution in [3.05, 3.63) is 20.8 Å². The molecule has 72 valence electrons. The molecule has 0 N–H and O–H groups in total. The molecule has 1 nitrogen and oxygen atoms in total. The molecule has 13 heavy (non-hydrogen) atoms. The summed E-state index contributed by atoms with van der Waals surface area (Å²) in [5, 5.41) is 2.56. The van der Waals surface area contributed by atoms with Crippen LogP contribution in [0.5, 0.6) is 0 Å². The molecule has 0 fully saturated rings. The molecule has 0 aliphatic rings. The smallest absolute Gasteiger partial charge is 0.175 e. The zero-order valence-electron chi connectivity index (χ0n) is 7.59. The molecule has 0 spiro atoms. The van der Waals surface area contributed by atoms with E-state index in [0.717, 1.165) is 11.3 Å². The molecule has 0 saturated heterocycles. The van der Waals surface area contributed by atoms with E-state index < -0.39 is 0 Å². The molecule has 0 aliphatic carbocycles. The Kier molecular flexibility index (Phi) is 4.29. The molecule has 0 bridgehead atoms. The van der Waals surface area contributed by atoms with Gasteiger partial charge in [0.05, 0.1) is 9.90 Å². The maximum atomic E-state index is 11.6. The molecule has 0 aromatic carbocycles. The predicted octanol–water partition coefficient (Wildman–Crippen LogP) is 3.65. The summed E-state index contributed by atoms with van der Waals surface area (Å²) >= 11 is 9.09. The van der Waals surface area contributed by atoms with Gasteiger partial charge in [0, 0.05) is 12.2 Å². The Morgan fingerprint density at radius 2 is 2.38 bits per heavy atom. The maximum absolute atomic E-state index is 11.6. The molecule has 0 saturated carbocycles. The number of aryl methyl sites for hydroxylation is 1. The minimum absolute atomic E-state index is 0.164. The van der Waals surface area contributed by atoms with Crippen LogP contribution in [0.15, 0.2) is 5.38 Å². The van der Waals surface area contributed by atoms with E-state index in [4.69, 9.17) is 11.6 Å². The van der Waals surface area contributed by atoms with Gasteiger partial charge in [0.15, 0.2) is 5.78 Å². The van der Waals surface area contributed by atoms with E-state index in [9.17, 15) is 4.79 Å². The molecule has 1 aromatic heterocycles. The van der Waals surface area contributed by atoms with Gasteiger partial charge in [-0.05, 0) is 24.1 Å². The SMILES string of the molecule is CSCCC(=O)c1scc(C)c1Cl. The van der Waals surface area contributed by atoms with Gasteiger partial charge in [0.1, 0.15) is 0 Å². The summed E-state index contributed by atoms with van der Waals surface area (Å²) < 4.78 is 0. The first kappa shape index (κ1) is 11.1. The monoisotopic (exact) mass is 234 g/mol. The predicted molar refractivity (Wildman–Crippen MR) is 61.4 cm³/mol. The first-order valence-corrected chi connectivity index (χ1v) is 6.57. The van der Waals surface area contributed by atoms with Crippen molar-refractivity contribution in [2.45, 2.75) is 13.3 Å².